The summed E-state index contributed by atoms with van der Waals surface area (Å²) in [6, 6.07) is 0.271. The Kier molecular flexibility index (Phi) is 3.09. The van der Waals surface area contributed by atoms with Crippen LogP contribution in [0, 0.1) is 5.92 Å². The second kappa shape index (κ2) is 3.90. The van der Waals surface area contributed by atoms with Crippen LogP contribution in [-0.2, 0) is 4.79 Å². The first-order valence-corrected chi connectivity index (χ1v) is 4.59. The molecule has 0 aromatic rings. The lowest BCUT2D eigenvalue weighted by Gasteiger charge is -2.25. The Balaban J connectivity index is 2.57. The normalized spacial score (nSPS) is 29.6. The topological polar surface area (TPSA) is 40.5 Å². The van der Waals surface area contributed by atoms with Gasteiger partial charge in [0.2, 0.25) is 0 Å². The average Bonchev–Trinajstić information content (AvgIpc) is 2.50. The minimum Gasteiger partial charge on any atom is -0.481 e. The summed E-state index contributed by atoms with van der Waals surface area (Å²) in [6.45, 7) is 3.01. The van der Waals surface area contributed by atoms with Gasteiger partial charge in [0.25, 0.3) is 0 Å². The first-order valence-electron chi connectivity index (χ1n) is 4.59. The molecule has 0 heterocycles. The van der Waals surface area contributed by atoms with Gasteiger partial charge in [0.15, 0.2) is 0 Å². The van der Waals surface area contributed by atoms with Gasteiger partial charge < -0.3 is 10.0 Å². The summed E-state index contributed by atoms with van der Waals surface area (Å²) in [5.74, 6) is -0.757. The van der Waals surface area contributed by atoms with Crippen LogP contribution in [0.1, 0.15) is 26.2 Å². The van der Waals surface area contributed by atoms with Crippen molar-refractivity contribution in [2.24, 2.45) is 5.92 Å². The largest absolute Gasteiger partial charge is 0.481 e. The van der Waals surface area contributed by atoms with E-state index in [-0.39, 0.29) is 12.0 Å². The number of hydrogen-bond donors (Lipinski definition) is 1. The fraction of sp³-hybridized carbons (Fsp3) is 0.889. The molecule has 3 nitrogen and oxygen atoms in total. The van der Waals surface area contributed by atoms with Gasteiger partial charge in [0.05, 0.1) is 5.92 Å². The molecular formula is C9H17NO2. The van der Waals surface area contributed by atoms with Crippen molar-refractivity contribution in [1.82, 2.24) is 4.90 Å². The molecule has 1 saturated carbocycles. The highest BCUT2D eigenvalue weighted by atomic mass is 16.4. The van der Waals surface area contributed by atoms with Crippen LogP contribution in [0.3, 0.4) is 0 Å². The van der Waals surface area contributed by atoms with Gasteiger partial charge in [0.1, 0.15) is 0 Å². The van der Waals surface area contributed by atoms with Gasteiger partial charge >= 0.3 is 5.97 Å². The van der Waals surface area contributed by atoms with Crippen LogP contribution in [0.2, 0.25) is 0 Å². The summed E-state index contributed by atoms with van der Waals surface area (Å²) in [5, 5.41) is 8.90. The predicted octanol–water partition coefficient (Wildman–Crippen LogP) is 1.19. The first kappa shape index (κ1) is 9.52. The summed E-state index contributed by atoms with van der Waals surface area (Å²) < 4.78 is 0. The summed E-state index contributed by atoms with van der Waals surface area (Å²) in [6.07, 6.45) is 2.96. The van der Waals surface area contributed by atoms with Crippen LogP contribution in [0.5, 0.6) is 0 Å². The number of carboxylic acids is 1. The Bertz CT molecular complexity index is 170. The van der Waals surface area contributed by atoms with E-state index >= 15 is 0 Å². The highest BCUT2D eigenvalue weighted by Gasteiger charge is 2.34. The molecule has 0 radical (unpaired) electrons. The molecule has 1 N–H and O–H groups in total. The molecule has 0 bridgehead atoms. The van der Waals surface area contributed by atoms with Crippen molar-refractivity contribution in [1.29, 1.82) is 0 Å². The van der Waals surface area contributed by atoms with E-state index in [1.807, 2.05) is 7.05 Å². The average molecular weight is 171 g/mol. The third-order valence-electron chi connectivity index (χ3n) is 2.86. The molecule has 2 unspecified atom stereocenters. The standard InChI is InChI=1S/C9H17NO2/c1-3-10(2)8-6-4-5-7(8)9(11)12/h7-8H,3-6H2,1-2H3,(H,11,12). The zero-order valence-electron chi connectivity index (χ0n) is 7.79. The second-order valence-corrected chi connectivity index (χ2v) is 3.52. The van der Waals surface area contributed by atoms with E-state index in [2.05, 4.69) is 11.8 Å². The maximum absolute atomic E-state index is 10.8. The van der Waals surface area contributed by atoms with Crippen molar-refractivity contribution in [2.75, 3.05) is 13.6 Å². The molecule has 0 aromatic carbocycles. The first-order chi connectivity index (χ1) is 5.66. The lowest BCUT2D eigenvalue weighted by atomic mass is 10.0. The van der Waals surface area contributed by atoms with Crippen molar-refractivity contribution in [3.8, 4) is 0 Å². The van der Waals surface area contributed by atoms with Crippen molar-refractivity contribution in [3.63, 3.8) is 0 Å². The summed E-state index contributed by atoms with van der Waals surface area (Å²) in [7, 11) is 2.01. The van der Waals surface area contributed by atoms with Crippen LogP contribution >= 0.6 is 0 Å². The molecule has 1 rings (SSSR count). The van der Waals surface area contributed by atoms with Crippen molar-refractivity contribution < 1.29 is 9.90 Å². The molecule has 1 aliphatic rings. The molecule has 2 atom stereocenters. The van der Waals surface area contributed by atoms with Crippen LogP contribution in [0.25, 0.3) is 0 Å². The Hall–Kier alpha value is -0.570. The Morgan fingerprint density at radius 1 is 1.58 bits per heavy atom. The van der Waals surface area contributed by atoms with Crippen LogP contribution < -0.4 is 0 Å². The van der Waals surface area contributed by atoms with Crippen molar-refractivity contribution >= 4 is 5.97 Å². The van der Waals surface area contributed by atoms with Crippen molar-refractivity contribution in [2.45, 2.75) is 32.2 Å². The fourth-order valence-electron chi connectivity index (χ4n) is 1.99. The third-order valence-corrected chi connectivity index (χ3v) is 2.86. The Morgan fingerprint density at radius 2 is 2.25 bits per heavy atom. The number of hydrogen-bond acceptors (Lipinski definition) is 2. The minimum atomic E-state index is -0.627. The highest BCUT2D eigenvalue weighted by molar-refractivity contribution is 5.71. The SMILES string of the molecule is CCN(C)C1CCCC1C(=O)O. The van der Waals surface area contributed by atoms with Crippen molar-refractivity contribution in [3.05, 3.63) is 0 Å². The molecule has 12 heavy (non-hydrogen) atoms. The van der Waals surface area contributed by atoms with Gasteiger partial charge in [-0.1, -0.05) is 13.3 Å². The summed E-state index contributed by atoms with van der Waals surface area (Å²) in [4.78, 5) is 13.0. The fourth-order valence-corrected chi connectivity index (χ4v) is 1.99. The van der Waals surface area contributed by atoms with Gasteiger partial charge in [-0.15, -0.1) is 0 Å². The molecule has 3 heteroatoms. The second-order valence-electron chi connectivity index (χ2n) is 3.52. The summed E-state index contributed by atoms with van der Waals surface area (Å²) in [5.41, 5.74) is 0. The molecule has 1 fully saturated rings. The van der Waals surface area contributed by atoms with Crippen LogP contribution in [0.4, 0.5) is 0 Å². The smallest absolute Gasteiger partial charge is 0.308 e. The third kappa shape index (κ3) is 1.78. The zero-order valence-corrected chi connectivity index (χ0v) is 7.79. The minimum absolute atomic E-state index is 0.130. The van der Waals surface area contributed by atoms with E-state index in [9.17, 15) is 4.79 Å². The van der Waals surface area contributed by atoms with E-state index in [1.165, 1.54) is 0 Å². The summed E-state index contributed by atoms with van der Waals surface area (Å²) >= 11 is 0. The van der Waals surface area contributed by atoms with E-state index in [4.69, 9.17) is 5.11 Å². The number of carbonyl (C=O) groups is 1. The number of rotatable bonds is 3. The van der Waals surface area contributed by atoms with Gasteiger partial charge in [-0.2, -0.15) is 0 Å². The molecule has 0 saturated heterocycles. The van der Waals surface area contributed by atoms with Gasteiger partial charge in [-0.25, -0.2) is 0 Å². The molecule has 70 valence electrons. The quantitative estimate of drug-likeness (QED) is 0.693. The monoisotopic (exact) mass is 171 g/mol. The lowest BCUT2D eigenvalue weighted by molar-refractivity contribution is -0.143. The van der Waals surface area contributed by atoms with E-state index < -0.39 is 5.97 Å². The number of aliphatic carboxylic acids is 1. The zero-order chi connectivity index (χ0) is 9.14. The van der Waals surface area contributed by atoms with Gasteiger partial charge in [-0.3, -0.25) is 4.79 Å². The van der Waals surface area contributed by atoms with Gasteiger partial charge in [0, 0.05) is 6.04 Å². The van der Waals surface area contributed by atoms with Gasteiger partial charge in [-0.05, 0) is 26.4 Å². The van der Waals surface area contributed by atoms with E-state index in [0.29, 0.717) is 0 Å². The molecule has 0 amide bonds. The molecule has 0 aromatic heterocycles. The lowest BCUT2D eigenvalue weighted by Crippen LogP contribution is -2.37. The predicted molar refractivity (Wildman–Crippen MR) is 47.1 cm³/mol. The Labute approximate surface area is 73.4 Å². The van der Waals surface area contributed by atoms with E-state index in [1.54, 1.807) is 0 Å². The number of carboxylic acid groups (broad SMARTS) is 1. The maximum atomic E-state index is 10.8. The van der Waals surface area contributed by atoms with Crippen LogP contribution in [-0.4, -0.2) is 35.6 Å². The highest BCUT2D eigenvalue weighted by Crippen LogP contribution is 2.29. The number of nitrogens with zero attached hydrogens (tertiary/aromatic N) is 1. The molecule has 1 aliphatic carbocycles. The van der Waals surface area contributed by atoms with Crippen LogP contribution in [0.15, 0.2) is 0 Å². The molecular weight excluding hydrogens is 154 g/mol. The molecule has 0 spiro atoms. The molecule has 0 aliphatic heterocycles. The Morgan fingerprint density at radius 3 is 2.75 bits per heavy atom. The van der Waals surface area contributed by atoms with E-state index in [0.717, 1.165) is 25.8 Å². The maximum Gasteiger partial charge on any atom is 0.308 e.